The van der Waals surface area contributed by atoms with E-state index < -0.39 is 28.5 Å². The Hall–Kier alpha value is -4.05. The van der Waals surface area contributed by atoms with Gasteiger partial charge in [0.1, 0.15) is 18.3 Å². The summed E-state index contributed by atoms with van der Waals surface area (Å²) in [6.45, 7) is 3.55. The van der Waals surface area contributed by atoms with E-state index in [4.69, 9.17) is 27.9 Å². The molecule has 49 heavy (non-hydrogen) atoms. The third-order valence-electron chi connectivity index (χ3n) is 8.65. The Balaban J connectivity index is 1.58. The monoisotopic (exact) mass is 721 g/mol. The average Bonchev–Trinajstić information content (AvgIpc) is 3.60. The van der Waals surface area contributed by atoms with E-state index in [0.29, 0.717) is 28.0 Å². The number of aryl methyl sites for hydroxylation is 1. The smallest absolute Gasteiger partial charge is 0.264 e. The molecule has 1 aliphatic rings. The lowest BCUT2D eigenvalue weighted by molar-refractivity contribution is -0.140. The van der Waals surface area contributed by atoms with Crippen LogP contribution < -0.4 is 14.4 Å². The van der Waals surface area contributed by atoms with Gasteiger partial charge in [-0.3, -0.25) is 13.9 Å². The number of ether oxygens (including phenoxy) is 1. The van der Waals surface area contributed by atoms with Crippen molar-refractivity contribution < 1.29 is 22.7 Å². The van der Waals surface area contributed by atoms with Gasteiger partial charge in [0.05, 0.1) is 17.2 Å². The van der Waals surface area contributed by atoms with Crippen molar-refractivity contribution in [1.82, 2.24) is 10.2 Å². The van der Waals surface area contributed by atoms with Crippen molar-refractivity contribution in [2.45, 2.75) is 69.5 Å². The topological polar surface area (TPSA) is 96.0 Å². The highest BCUT2D eigenvalue weighted by molar-refractivity contribution is 7.92. The van der Waals surface area contributed by atoms with Crippen LogP contribution in [0.15, 0.2) is 102 Å². The van der Waals surface area contributed by atoms with Crippen LogP contribution in [0.3, 0.4) is 0 Å². The first-order chi connectivity index (χ1) is 23.5. The summed E-state index contributed by atoms with van der Waals surface area (Å²) in [6, 6.07) is 26.5. The zero-order chi connectivity index (χ0) is 35.0. The highest BCUT2D eigenvalue weighted by Crippen LogP contribution is 2.29. The van der Waals surface area contributed by atoms with Crippen LogP contribution in [0.25, 0.3) is 0 Å². The number of carbonyl (C=O) groups excluding carboxylic acids is 2. The lowest BCUT2D eigenvalue weighted by atomic mass is 10.0. The highest BCUT2D eigenvalue weighted by Gasteiger charge is 2.36. The Kier molecular flexibility index (Phi) is 12.3. The van der Waals surface area contributed by atoms with Crippen molar-refractivity contribution in [1.29, 1.82) is 0 Å². The van der Waals surface area contributed by atoms with Gasteiger partial charge >= 0.3 is 0 Å². The van der Waals surface area contributed by atoms with E-state index in [1.807, 2.05) is 44.2 Å². The number of hydrogen-bond donors (Lipinski definition) is 1. The maximum Gasteiger partial charge on any atom is 0.264 e. The SMILES string of the molecule is CCOc1ccc(N(CC(=O)N(Cc2ccc(Cl)cc2Cl)C(Cc2ccccc2)C(=O)NC2CCCC2)S(=O)(=O)c2ccc(C)cc2)cc1. The summed E-state index contributed by atoms with van der Waals surface area (Å²) in [5, 5.41) is 3.93. The van der Waals surface area contributed by atoms with Gasteiger partial charge < -0.3 is 15.0 Å². The number of anilines is 1. The average molecular weight is 723 g/mol. The molecule has 0 bridgehead atoms. The molecule has 1 fully saturated rings. The van der Waals surface area contributed by atoms with E-state index >= 15 is 0 Å². The number of nitrogens with zero attached hydrogens (tertiary/aromatic N) is 2. The van der Waals surface area contributed by atoms with E-state index in [1.165, 1.54) is 17.0 Å². The van der Waals surface area contributed by atoms with Crippen LogP contribution in [-0.2, 0) is 32.6 Å². The van der Waals surface area contributed by atoms with Gasteiger partial charge in [-0.25, -0.2) is 8.42 Å². The summed E-state index contributed by atoms with van der Waals surface area (Å²) in [5.74, 6) is -0.308. The molecule has 0 aromatic heterocycles. The Labute approximate surface area is 299 Å². The van der Waals surface area contributed by atoms with Gasteiger partial charge in [0, 0.05) is 29.1 Å². The van der Waals surface area contributed by atoms with Crippen LogP contribution in [0, 0.1) is 6.92 Å². The fraction of sp³-hybridized carbons (Fsp3) is 0.316. The number of benzene rings is 4. The molecular weight excluding hydrogens is 681 g/mol. The molecule has 1 atom stereocenters. The lowest BCUT2D eigenvalue weighted by Crippen LogP contribution is -2.54. The van der Waals surface area contributed by atoms with Crippen LogP contribution in [0.4, 0.5) is 5.69 Å². The molecule has 258 valence electrons. The maximum absolute atomic E-state index is 14.7. The van der Waals surface area contributed by atoms with Gasteiger partial charge in [0.15, 0.2) is 0 Å². The minimum atomic E-state index is -4.23. The van der Waals surface area contributed by atoms with E-state index in [9.17, 15) is 18.0 Å². The van der Waals surface area contributed by atoms with Gasteiger partial charge in [0.2, 0.25) is 11.8 Å². The second-order valence-corrected chi connectivity index (χ2v) is 14.9. The molecule has 8 nitrogen and oxygen atoms in total. The molecule has 1 aliphatic carbocycles. The third-order valence-corrected chi connectivity index (χ3v) is 11.0. The van der Waals surface area contributed by atoms with E-state index in [-0.39, 0.29) is 35.5 Å². The minimum Gasteiger partial charge on any atom is -0.494 e. The first-order valence-electron chi connectivity index (χ1n) is 16.4. The van der Waals surface area contributed by atoms with Crippen LogP contribution in [-0.4, -0.2) is 50.4 Å². The number of sulfonamides is 1. The predicted octanol–water partition coefficient (Wildman–Crippen LogP) is 7.59. The molecule has 11 heteroatoms. The van der Waals surface area contributed by atoms with Crippen molar-refractivity contribution in [3.63, 3.8) is 0 Å². The zero-order valence-corrected chi connectivity index (χ0v) is 30.0. The quantitative estimate of drug-likeness (QED) is 0.145. The van der Waals surface area contributed by atoms with Crippen molar-refractivity contribution in [2.24, 2.45) is 0 Å². The Bertz CT molecular complexity index is 1830. The van der Waals surface area contributed by atoms with Crippen molar-refractivity contribution in [3.8, 4) is 5.75 Å². The molecule has 4 aromatic rings. The third kappa shape index (κ3) is 9.35. The molecule has 5 rings (SSSR count). The van der Waals surface area contributed by atoms with E-state index in [0.717, 1.165) is 41.1 Å². The number of amides is 2. The Morgan fingerprint density at radius 3 is 2.22 bits per heavy atom. The highest BCUT2D eigenvalue weighted by atomic mass is 35.5. The van der Waals surface area contributed by atoms with Gasteiger partial charge in [-0.1, -0.05) is 90.1 Å². The predicted molar refractivity (Wildman–Crippen MR) is 195 cm³/mol. The molecular formula is C38H41Cl2N3O5S. The second-order valence-electron chi connectivity index (χ2n) is 12.2. The van der Waals surface area contributed by atoms with Crippen molar-refractivity contribution >= 4 is 50.7 Å². The first kappa shape index (κ1) is 36.2. The number of nitrogens with one attached hydrogen (secondary N) is 1. The van der Waals surface area contributed by atoms with E-state index in [2.05, 4.69) is 5.32 Å². The summed E-state index contributed by atoms with van der Waals surface area (Å²) in [5.41, 5.74) is 2.59. The molecule has 2 amide bonds. The van der Waals surface area contributed by atoms with Crippen LogP contribution in [0.1, 0.15) is 49.3 Å². The largest absolute Gasteiger partial charge is 0.494 e. The number of carbonyl (C=O) groups is 2. The minimum absolute atomic E-state index is 0.00381. The summed E-state index contributed by atoms with van der Waals surface area (Å²) < 4.78 is 35.3. The molecule has 4 aromatic carbocycles. The van der Waals surface area contributed by atoms with Crippen LogP contribution in [0.2, 0.25) is 10.0 Å². The standard InChI is InChI=1S/C38H41Cl2N3O5S/c1-3-48-33-19-17-32(18-20-33)43(49(46,47)34-21-13-27(2)14-22-34)26-37(44)42(25-29-15-16-30(39)24-35(29)40)36(23-28-9-5-4-6-10-28)38(45)41-31-11-7-8-12-31/h4-6,9-10,13-22,24,31,36H,3,7-8,11-12,23,25-26H2,1-2H3,(H,41,45). The Morgan fingerprint density at radius 1 is 0.918 bits per heavy atom. The molecule has 0 spiro atoms. The summed E-state index contributed by atoms with van der Waals surface area (Å²) in [7, 11) is -4.23. The maximum atomic E-state index is 14.7. The van der Waals surface area contributed by atoms with Crippen LogP contribution >= 0.6 is 23.2 Å². The van der Waals surface area contributed by atoms with Crippen molar-refractivity contribution in [3.05, 3.63) is 124 Å². The fourth-order valence-corrected chi connectivity index (χ4v) is 7.88. The molecule has 1 unspecified atom stereocenters. The summed E-state index contributed by atoms with van der Waals surface area (Å²) >= 11 is 12.8. The summed E-state index contributed by atoms with van der Waals surface area (Å²) in [4.78, 5) is 30.4. The molecule has 0 heterocycles. The Morgan fingerprint density at radius 2 is 1.59 bits per heavy atom. The molecule has 0 aliphatic heterocycles. The van der Waals surface area contributed by atoms with Crippen molar-refractivity contribution in [2.75, 3.05) is 17.5 Å². The lowest BCUT2D eigenvalue weighted by Gasteiger charge is -2.34. The summed E-state index contributed by atoms with van der Waals surface area (Å²) in [6.07, 6.45) is 3.97. The number of hydrogen-bond acceptors (Lipinski definition) is 5. The van der Waals surface area contributed by atoms with Gasteiger partial charge in [-0.05, 0) is 86.3 Å². The molecule has 0 radical (unpaired) electrons. The van der Waals surface area contributed by atoms with Gasteiger partial charge in [-0.15, -0.1) is 0 Å². The van der Waals surface area contributed by atoms with Gasteiger partial charge in [-0.2, -0.15) is 0 Å². The number of halogens is 2. The number of rotatable bonds is 14. The van der Waals surface area contributed by atoms with Crippen LogP contribution in [0.5, 0.6) is 5.75 Å². The normalized spacial score (nSPS) is 13.9. The fourth-order valence-electron chi connectivity index (χ4n) is 6.00. The molecule has 1 N–H and O–H groups in total. The van der Waals surface area contributed by atoms with Gasteiger partial charge in [0.25, 0.3) is 10.0 Å². The zero-order valence-electron chi connectivity index (χ0n) is 27.6. The first-order valence-corrected chi connectivity index (χ1v) is 18.6. The molecule has 0 saturated heterocycles. The van der Waals surface area contributed by atoms with E-state index in [1.54, 1.807) is 54.6 Å². The molecule has 1 saturated carbocycles. The second kappa shape index (κ2) is 16.6.